The maximum atomic E-state index is 12.5. The van der Waals surface area contributed by atoms with Crippen LogP contribution < -0.4 is 5.32 Å². The highest BCUT2D eigenvalue weighted by atomic mass is 32.2. The van der Waals surface area contributed by atoms with Gasteiger partial charge in [-0.3, -0.25) is 4.79 Å². The number of amides is 1. The molecule has 3 heterocycles. The number of hydrogen-bond acceptors (Lipinski definition) is 7. The zero-order chi connectivity index (χ0) is 20.4. The van der Waals surface area contributed by atoms with Crippen LogP contribution in [-0.2, 0) is 24.7 Å². The quantitative estimate of drug-likeness (QED) is 0.481. The minimum absolute atomic E-state index is 0.146. The zero-order valence-corrected chi connectivity index (χ0v) is 18.0. The molecule has 3 aromatic heterocycles. The van der Waals surface area contributed by atoms with E-state index in [1.54, 1.807) is 17.6 Å². The van der Waals surface area contributed by atoms with Crippen molar-refractivity contribution in [3.63, 3.8) is 0 Å². The number of thiophene rings is 1. The molecular weight excluding hydrogens is 406 g/mol. The van der Waals surface area contributed by atoms with Crippen LogP contribution in [0.5, 0.6) is 0 Å². The Kier molecular flexibility index (Phi) is 5.74. The number of fused-ring (bicyclic) bond motifs is 1. The van der Waals surface area contributed by atoms with Crippen molar-refractivity contribution in [2.45, 2.75) is 44.2 Å². The van der Waals surface area contributed by atoms with Gasteiger partial charge in [-0.2, -0.15) is 5.26 Å². The number of carbonyl (C=O) groups excluding carboxylic acids is 1. The van der Waals surface area contributed by atoms with Crippen LogP contribution in [0.25, 0.3) is 11.4 Å². The van der Waals surface area contributed by atoms with Crippen molar-refractivity contribution in [1.82, 2.24) is 14.8 Å². The van der Waals surface area contributed by atoms with Crippen LogP contribution >= 0.6 is 23.1 Å². The van der Waals surface area contributed by atoms with Crippen molar-refractivity contribution in [3.8, 4) is 17.5 Å². The van der Waals surface area contributed by atoms with Gasteiger partial charge in [-0.15, -0.1) is 21.5 Å². The van der Waals surface area contributed by atoms with Crippen LogP contribution in [-0.4, -0.2) is 26.4 Å². The largest absolute Gasteiger partial charge is 0.469 e. The topological polar surface area (TPSA) is 96.7 Å². The van der Waals surface area contributed by atoms with E-state index in [1.807, 2.05) is 24.6 Å². The molecule has 0 bridgehead atoms. The summed E-state index contributed by atoms with van der Waals surface area (Å²) < 4.78 is 7.19. The first-order valence-corrected chi connectivity index (χ1v) is 11.3. The summed E-state index contributed by atoms with van der Waals surface area (Å²) in [7, 11) is 1.87. The van der Waals surface area contributed by atoms with Crippen molar-refractivity contribution in [1.29, 1.82) is 5.26 Å². The summed E-state index contributed by atoms with van der Waals surface area (Å²) in [5.74, 6) is 1.53. The number of anilines is 1. The van der Waals surface area contributed by atoms with E-state index < -0.39 is 0 Å². The Labute approximate surface area is 177 Å². The Hall–Kier alpha value is -2.57. The van der Waals surface area contributed by atoms with E-state index in [9.17, 15) is 10.1 Å². The number of rotatable bonds is 5. The lowest BCUT2D eigenvalue weighted by Gasteiger charge is -2.05. The van der Waals surface area contributed by atoms with Crippen LogP contribution in [0.15, 0.2) is 21.9 Å². The third-order valence-electron chi connectivity index (χ3n) is 5.05. The van der Waals surface area contributed by atoms with E-state index in [1.165, 1.54) is 23.1 Å². The van der Waals surface area contributed by atoms with Gasteiger partial charge in [0.1, 0.15) is 16.8 Å². The lowest BCUT2D eigenvalue weighted by atomic mass is 10.1. The average molecular weight is 428 g/mol. The molecule has 3 aromatic rings. The molecule has 0 unspecified atom stereocenters. The number of nitrogens with one attached hydrogen (secondary N) is 1. The summed E-state index contributed by atoms with van der Waals surface area (Å²) in [4.78, 5) is 13.8. The van der Waals surface area contributed by atoms with Gasteiger partial charge in [-0.05, 0) is 44.2 Å². The van der Waals surface area contributed by atoms with E-state index in [4.69, 9.17) is 4.42 Å². The van der Waals surface area contributed by atoms with Gasteiger partial charge >= 0.3 is 0 Å². The minimum atomic E-state index is -0.146. The molecule has 0 atom stereocenters. The fraction of sp³-hybridized carbons (Fsp3) is 0.400. The number of carbonyl (C=O) groups is 1. The molecule has 4 rings (SSSR count). The molecule has 29 heavy (non-hydrogen) atoms. The molecular formula is C20H21N5O2S2. The van der Waals surface area contributed by atoms with Gasteiger partial charge in [-0.25, -0.2) is 0 Å². The van der Waals surface area contributed by atoms with E-state index in [-0.39, 0.29) is 11.7 Å². The molecule has 0 saturated heterocycles. The number of hydrogen-bond donors (Lipinski definition) is 1. The fourth-order valence-corrected chi connectivity index (χ4v) is 5.50. The number of aromatic nitrogens is 3. The maximum absolute atomic E-state index is 12.5. The summed E-state index contributed by atoms with van der Waals surface area (Å²) in [5, 5.41) is 22.3. The highest BCUT2D eigenvalue weighted by Crippen LogP contribution is 2.37. The summed E-state index contributed by atoms with van der Waals surface area (Å²) in [6, 6.07) is 4.15. The molecule has 0 radical (unpaired) electrons. The Morgan fingerprint density at radius 1 is 1.38 bits per heavy atom. The molecule has 0 aromatic carbocycles. The van der Waals surface area contributed by atoms with Crippen molar-refractivity contribution < 1.29 is 9.21 Å². The SMILES string of the molecule is Cc1occc1-c1nnc(SCC(=O)Nc2sc3c(c2C#N)CCCCC3)n1C. The third kappa shape index (κ3) is 3.95. The molecule has 0 spiro atoms. The number of furan rings is 1. The van der Waals surface area contributed by atoms with E-state index >= 15 is 0 Å². The summed E-state index contributed by atoms with van der Waals surface area (Å²) in [5.41, 5.74) is 2.66. The lowest BCUT2D eigenvalue weighted by Crippen LogP contribution is -2.14. The van der Waals surface area contributed by atoms with Crippen LogP contribution in [0.2, 0.25) is 0 Å². The summed E-state index contributed by atoms with van der Waals surface area (Å²) in [6.07, 6.45) is 6.99. The van der Waals surface area contributed by atoms with Gasteiger partial charge in [0.15, 0.2) is 11.0 Å². The second-order valence-electron chi connectivity index (χ2n) is 6.97. The van der Waals surface area contributed by atoms with E-state index in [0.717, 1.165) is 42.6 Å². The summed E-state index contributed by atoms with van der Waals surface area (Å²) in [6.45, 7) is 1.87. The van der Waals surface area contributed by atoms with Crippen LogP contribution in [0.3, 0.4) is 0 Å². The van der Waals surface area contributed by atoms with Crippen molar-refractivity contribution >= 4 is 34.0 Å². The molecule has 0 aliphatic heterocycles. The third-order valence-corrected chi connectivity index (χ3v) is 7.28. The molecule has 1 aliphatic rings. The number of nitrogens with zero attached hydrogens (tertiary/aromatic N) is 4. The molecule has 0 fully saturated rings. The lowest BCUT2D eigenvalue weighted by molar-refractivity contribution is -0.113. The summed E-state index contributed by atoms with van der Waals surface area (Å²) >= 11 is 2.87. The molecule has 1 aliphatic carbocycles. The Bertz CT molecular complexity index is 1090. The van der Waals surface area contributed by atoms with E-state index in [2.05, 4.69) is 21.6 Å². The highest BCUT2D eigenvalue weighted by Gasteiger charge is 2.21. The highest BCUT2D eigenvalue weighted by molar-refractivity contribution is 7.99. The normalized spacial score (nSPS) is 13.6. The van der Waals surface area contributed by atoms with Crippen LogP contribution in [0.4, 0.5) is 5.00 Å². The number of thioether (sulfide) groups is 1. The predicted molar refractivity (Wildman–Crippen MR) is 113 cm³/mol. The van der Waals surface area contributed by atoms with Gasteiger partial charge in [0.05, 0.1) is 23.1 Å². The van der Waals surface area contributed by atoms with Gasteiger partial charge in [0.2, 0.25) is 5.91 Å². The van der Waals surface area contributed by atoms with Gasteiger partial charge in [-0.1, -0.05) is 18.2 Å². The van der Waals surface area contributed by atoms with E-state index in [0.29, 0.717) is 21.5 Å². The molecule has 1 N–H and O–H groups in total. The average Bonchev–Trinajstić information content (AvgIpc) is 3.32. The second kappa shape index (κ2) is 8.43. The molecule has 0 saturated carbocycles. The Morgan fingerprint density at radius 2 is 2.21 bits per heavy atom. The second-order valence-corrected chi connectivity index (χ2v) is 9.02. The maximum Gasteiger partial charge on any atom is 0.235 e. The number of nitriles is 1. The zero-order valence-electron chi connectivity index (χ0n) is 16.3. The monoisotopic (exact) mass is 427 g/mol. The van der Waals surface area contributed by atoms with Crippen molar-refractivity contribution in [2.75, 3.05) is 11.1 Å². The van der Waals surface area contributed by atoms with Crippen molar-refractivity contribution in [2.24, 2.45) is 7.05 Å². The van der Waals surface area contributed by atoms with Gasteiger partial charge in [0.25, 0.3) is 0 Å². The predicted octanol–water partition coefficient (Wildman–Crippen LogP) is 4.32. The van der Waals surface area contributed by atoms with Crippen LogP contribution in [0, 0.1) is 18.3 Å². The first kappa shape index (κ1) is 19.7. The molecule has 150 valence electrons. The van der Waals surface area contributed by atoms with Crippen LogP contribution in [0.1, 0.15) is 41.0 Å². The minimum Gasteiger partial charge on any atom is -0.469 e. The fourth-order valence-electron chi connectivity index (χ4n) is 3.53. The smallest absolute Gasteiger partial charge is 0.235 e. The van der Waals surface area contributed by atoms with Crippen molar-refractivity contribution in [3.05, 3.63) is 34.1 Å². The number of aryl methyl sites for hydroxylation is 2. The molecule has 9 heteroatoms. The Morgan fingerprint density at radius 3 is 2.97 bits per heavy atom. The Balaban J connectivity index is 1.44. The standard InChI is InChI=1S/C20H21N5O2S2/c1-12-13(8-9-27-12)18-23-24-20(25(18)2)28-11-17(26)22-19-15(10-21)14-6-4-3-5-7-16(14)29-19/h8-9H,3-7,11H2,1-2H3,(H,22,26). The van der Waals surface area contributed by atoms with Gasteiger partial charge in [0, 0.05) is 11.9 Å². The molecule has 1 amide bonds. The molecule has 7 nitrogen and oxygen atoms in total. The first-order valence-electron chi connectivity index (χ1n) is 9.49. The first-order chi connectivity index (χ1) is 14.1. The van der Waals surface area contributed by atoms with Gasteiger partial charge < -0.3 is 14.3 Å².